The molecule has 2 aromatic heterocycles. The van der Waals surface area contributed by atoms with Crippen LogP contribution in [0.5, 0.6) is 0 Å². The standard InChI is InChI=1S/C19H28N4O3S/c1-4-20-18(23-13-19(3,25)15-7-11-27-12-15)22-9-5-8-21-17(24)16-14(2)6-10-26-16/h6-7,10-12,25H,4-5,8-9,13H2,1-3H3,(H,21,24)(H2,20,22,23). The number of aryl methyl sites for hydroxylation is 1. The molecule has 2 rings (SSSR count). The number of aliphatic hydroxyl groups is 1. The molecule has 1 amide bonds. The number of aliphatic imine (C=N–C) groups is 1. The second-order valence-corrected chi connectivity index (χ2v) is 7.23. The summed E-state index contributed by atoms with van der Waals surface area (Å²) in [5.74, 6) is 0.791. The minimum Gasteiger partial charge on any atom is -0.459 e. The third-order valence-electron chi connectivity index (χ3n) is 4.03. The quantitative estimate of drug-likeness (QED) is 0.298. The molecular weight excluding hydrogens is 364 g/mol. The van der Waals surface area contributed by atoms with Crippen molar-refractivity contribution in [2.75, 3.05) is 26.2 Å². The van der Waals surface area contributed by atoms with Crippen molar-refractivity contribution in [3.05, 3.63) is 46.0 Å². The van der Waals surface area contributed by atoms with E-state index in [0.29, 0.717) is 24.8 Å². The van der Waals surface area contributed by atoms with Crippen LogP contribution in [0, 0.1) is 6.92 Å². The Kier molecular flexibility index (Phi) is 7.87. The number of rotatable bonds is 9. The summed E-state index contributed by atoms with van der Waals surface area (Å²) in [7, 11) is 0. The Balaban J connectivity index is 1.75. The summed E-state index contributed by atoms with van der Waals surface area (Å²) in [5, 5.41) is 23.6. The first kappa shape index (κ1) is 21.0. The van der Waals surface area contributed by atoms with Crippen LogP contribution in [-0.2, 0) is 5.60 Å². The van der Waals surface area contributed by atoms with E-state index < -0.39 is 5.60 Å². The Hall–Kier alpha value is -2.32. The van der Waals surface area contributed by atoms with Gasteiger partial charge in [0.1, 0.15) is 5.60 Å². The Morgan fingerprint density at radius 1 is 1.30 bits per heavy atom. The summed E-state index contributed by atoms with van der Waals surface area (Å²) < 4.78 is 5.17. The molecule has 2 aromatic rings. The van der Waals surface area contributed by atoms with Gasteiger partial charge < -0.3 is 25.5 Å². The minimum absolute atomic E-state index is 0.204. The van der Waals surface area contributed by atoms with E-state index in [4.69, 9.17) is 4.42 Å². The number of nitrogens with one attached hydrogen (secondary N) is 3. The van der Waals surface area contributed by atoms with Gasteiger partial charge in [-0.15, -0.1) is 0 Å². The van der Waals surface area contributed by atoms with Crippen molar-refractivity contribution in [1.82, 2.24) is 16.0 Å². The third-order valence-corrected chi connectivity index (χ3v) is 4.72. The molecular formula is C19H28N4O3S. The largest absolute Gasteiger partial charge is 0.459 e. The van der Waals surface area contributed by atoms with Crippen molar-refractivity contribution >= 4 is 23.2 Å². The molecule has 0 bridgehead atoms. The molecule has 0 aliphatic rings. The van der Waals surface area contributed by atoms with Crippen LogP contribution in [0.4, 0.5) is 0 Å². The maximum absolute atomic E-state index is 12.0. The smallest absolute Gasteiger partial charge is 0.287 e. The molecule has 0 spiro atoms. The summed E-state index contributed by atoms with van der Waals surface area (Å²) >= 11 is 1.55. The van der Waals surface area contributed by atoms with Crippen LogP contribution in [0.25, 0.3) is 0 Å². The number of thiophene rings is 1. The summed E-state index contributed by atoms with van der Waals surface area (Å²) in [5.41, 5.74) is 0.685. The first-order valence-electron chi connectivity index (χ1n) is 9.03. The summed E-state index contributed by atoms with van der Waals surface area (Å²) in [6.07, 6.45) is 2.24. The molecule has 27 heavy (non-hydrogen) atoms. The SMILES string of the molecule is CCNC(=NCC(C)(O)c1ccsc1)NCCCNC(=O)c1occc1C. The summed E-state index contributed by atoms with van der Waals surface area (Å²) in [4.78, 5) is 16.4. The highest BCUT2D eigenvalue weighted by atomic mass is 32.1. The lowest BCUT2D eigenvalue weighted by molar-refractivity contribution is 0.0677. The number of nitrogens with zero attached hydrogens (tertiary/aromatic N) is 1. The molecule has 8 heteroatoms. The predicted octanol–water partition coefficient (Wildman–Crippen LogP) is 2.23. The zero-order valence-electron chi connectivity index (χ0n) is 16.0. The molecule has 0 fully saturated rings. The van der Waals surface area contributed by atoms with E-state index in [2.05, 4.69) is 20.9 Å². The van der Waals surface area contributed by atoms with Gasteiger partial charge in [0, 0.05) is 25.2 Å². The van der Waals surface area contributed by atoms with Gasteiger partial charge >= 0.3 is 0 Å². The summed E-state index contributed by atoms with van der Waals surface area (Å²) in [6, 6.07) is 3.67. The van der Waals surface area contributed by atoms with Gasteiger partial charge in [0.15, 0.2) is 11.7 Å². The van der Waals surface area contributed by atoms with E-state index in [1.165, 1.54) is 6.26 Å². The molecule has 2 heterocycles. The fourth-order valence-corrected chi connectivity index (χ4v) is 3.20. The van der Waals surface area contributed by atoms with Crippen LogP contribution in [0.15, 0.2) is 38.6 Å². The van der Waals surface area contributed by atoms with Crippen LogP contribution >= 0.6 is 11.3 Å². The van der Waals surface area contributed by atoms with Gasteiger partial charge in [0.2, 0.25) is 0 Å². The molecule has 0 saturated heterocycles. The van der Waals surface area contributed by atoms with Gasteiger partial charge in [0.05, 0.1) is 12.8 Å². The zero-order valence-corrected chi connectivity index (χ0v) is 16.9. The van der Waals surface area contributed by atoms with Crippen LogP contribution in [0.3, 0.4) is 0 Å². The number of carbonyl (C=O) groups excluding carboxylic acids is 1. The highest BCUT2D eigenvalue weighted by Gasteiger charge is 2.23. The van der Waals surface area contributed by atoms with Gasteiger partial charge in [-0.1, -0.05) is 0 Å². The highest BCUT2D eigenvalue weighted by molar-refractivity contribution is 7.08. The van der Waals surface area contributed by atoms with Crippen LogP contribution < -0.4 is 16.0 Å². The minimum atomic E-state index is -1.00. The third kappa shape index (κ3) is 6.41. The first-order valence-corrected chi connectivity index (χ1v) is 9.98. The van der Waals surface area contributed by atoms with Crippen molar-refractivity contribution < 1.29 is 14.3 Å². The zero-order chi connectivity index (χ0) is 19.7. The summed E-state index contributed by atoms with van der Waals surface area (Å²) in [6.45, 7) is 7.73. The Bertz CT molecular complexity index is 738. The lowest BCUT2D eigenvalue weighted by Crippen LogP contribution is -2.40. The van der Waals surface area contributed by atoms with Gasteiger partial charge in [-0.2, -0.15) is 11.3 Å². The van der Waals surface area contributed by atoms with E-state index in [1.54, 1.807) is 24.3 Å². The second-order valence-electron chi connectivity index (χ2n) is 6.45. The molecule has 0 aliphatic carbocycles. The first-order chi connectivity index (χ1) is 12.9. The molecule has 0 radical (unpaired) electrons. The molecule has 0 aliphatic heterocycles. The maximum atomic E-state index is 12.0. The number of guanidine groups is 1. The van der Waals surface area contributed by atoms with Crippen LogP contribution in [0.2, 0.25) is 0 Å². The average Bonchev–Trinajstić information content (AvgIpc) is 3.31. The normalized spacial score (nSPS) is 13.9. The molecule has 7 nitrogen and oxygen atoms in total. The van der Waals surface area contributed by atoms with E-state index in [0.717, 1.165) is 24.1 Å². The number of amides is 1. The van der Waals surface area contributed by atoms with Gasteiger partial charge in [-0.25, -0.2) is 4.99 Å². The van der Waals surface area contributed by atoms with E-state index in [1.807, 2.05) is 30.7 Å². The van der Waals surface area contributed by atoms with Crippen LogP contribution in [0.1, 0.15) is 41.9 Å². The number of hydrogen-bond acceptors (Lipinski definition) is 5. The van der Waals surface area contributed by atoms with Crippen molar-refractivity contribution in [2.45, 2.75) is 32.8 Å². The Morgan fingerprint density at radius 2 is 2.07 bits per heavy atom. The van der Waals surface area contributed by atoms with Gasteiger partial charge in [0.25, 0.3) is 5.91 Å². The second kappa shape index (κ2) is 10.1. The Labute approximate surface area is 163 Å². The van der Waals surface area contributed by atoms with E-state index in [-0.39, 0.29) is 12.5 Å². The van der Waals surface area contributed by atoms with Crippen molar-refractivity contribution in [1.29, 1.82) is 0 Å². The monoisotopic (exact) mass is 392 g/mol. The molecule has 148 valence electrons. The lowest BCUT2D eigenvalue weighted by atomic mass is 10.00. The van der Waals surface area contributed by atoms with Crippen molar-refractivity contribution in [3.8, 4) is 0 Å². The fourth-order valence-electron chi connectivity index (χ4n) is 2.42. The predicted molar refractivity (Wildman–Crippen MR) is 108 cm³/mol. The van der Waals surface area contributed by atoms with E-state index in [9.17, 15) is 9.90 Å². The topological polar surface area (TPSA) is 98.9 Å². The molecule has 4 N–H and O–H groups in total. The lowest BCUT2D eigenvalue weighted by Gasteiger charge is -2.21. The van der Waals surface area contributed by atoms with Crippen LogP contribution in [-0.4, -0.2) is 43.2 Å². The highest BCUT2D eigenvalue weighted by Crippen LogP contribution is 2.23. The molecule has 0 aromatic carbocycles. The van der Waals surface area contributed by atoms with Crippen molar-refractivity contribution in [2.24, 2.45) is 4.99 Å². The van der Waals surface area contributed by atoms with Gasteiger partial charge in [-0.3, -0.25) is 4.79 Å². The number of carbonyl (C=O) groups is 1. The molecule has 1 unspecified atom stereocenters. The van der Waals surface area contributed by atoms with E-state index >= 15 is 0 Å². The average molecular weight is 393 g/mol. The fraction of sp³-hybridized carbons (Fsp3) is 0.474. The van der Waals surface area contributed by atoms with Crippen molar-refractivity contribution in [3.63, 3.8) is 0 Å². The van der Waals surface area contributed by atoms with Gasteiger partial charge in [-0.05, 0) is 55.6 Å². The molecule has 1 atom stereocenters. The number of furan rings is 1. The number of hydrogen-bond donors (Lipinski definition) is 4. The molecule has 0 saturated carbocycles. The Morgan fingerprint density at radius 3 is 2.70 bits per heavy atom. The maximum Gasteiger partial charge on any atom is 0.287 e.